The number of hydrogen-bond donors (Lipinski definition) is 1. The highest BCUT2D eigenvalue weighted by molar-refractivity contribution is 5.31. The lowest BCUT2D eigenvalue weighted by Gasteiger charge is -2.45. The van der Waals surface area contributed by atoms with Crippen molar-refractivity contribution >= 4 is 5.95 Å². The largest absolute Gasteiger partial charge is 0.340 e. The zero-order valence-electron chi connectivity index (χ0n) is 12.3. The molecule has 2 saturated heterocycles. The fourth-order valence-electron chi connectivity index (χ4n) is 3.64. The monoisotopic (exact) mass is 275 g/mol. The molecule has 1 aromatic rings. The van der Waals surface area contributed by atoms with E-state index in [1.807, 2.05) is 12.4 Å². The first-order valence-corrected chi connectivity index (χ1v) is 7.74. The summed E-state index contributed by atoms with van der Waals surface area (Å²) in [5.74, 6) is 1.66. The Morgan fingerprint density at radius 1 is 1.25 bits per heavy atom. The highest BCUT2D eigenvalue weighted by Gasteiger charge is 2.34. The van der Waals surface area contributed by atoms with E-state index in [0.29, 0.717) is 6.54 Å². The molecule has 1 aromatic heterocycles. The van der Waals surface area contributed by atoms with E-state index in [0.717, 1.165) is 43.0 Å². The molecule has 2 aliphatic heterocycles. The quantitative estimate of drug-likeness (QED) is 0.888. The van der Waals surface area contributed by atoms with Gasteiger partial charge in [0.1, 0.15) is 0 Å². The Bertz CT molecular complexity index is 432. The Kier molecular flexibility index (Phi) is 4.17. The number of nitrogens with zero attached hydrogens (tertiary/aromatic N) is 4. The Hall–Kier alpha value is -1.20. The summed E-state index contributed by atoms with van der Waals surface area (Å²) in [5.41, 5.74) is 6.69. The van der Waals surface area contributed by atoms with Gasteiger partial charge in [0.2, 0.25) is 5.95 Å². The second-order valence-corrected chi connectivity index (χ2v) is 6.11. The number of piperidine rings is 2. The number of nitrogens with two attached hydrogens (primary N) is 1. The predicted molar refractivity (Wildman–Crippen MR) is 80.8 cm³/mol. The molecule has 5 heteroatoms. The van der Waals surface area contributed by atoms with Crippen LogP contribution in [-0.4, -0.2) is 54.1 Å². The molecule has 2 atom stereocenters. The standard InChI is InChI=1S/C15H25N5/c1-19-7-2-3-13-11-20(8-5-14(13)19)15-17-9-12(4-6-16)10-18-15/h9-10,13-14H,2-8,11,16H2,1H3. The summed E-state index contributed by atoms with van der Waals surface area (Å²) in [4.78, 5) is 13.9. The maximum Gasteiger partial charge on any atom is 0.225 e. The van der Waals surface area contributed by atoms with Crippen LogP contribution >= 0.6 is 0 Å². The van der Waals surface area contributed by atoms with E-state index in [-0.39, 0.29) is 0 Å². The van der Waals surface area contributed by atoms with E-state index < -0.39 is 0 Å². The van der Waals surface area contributed by atoms with Gasteiger partial charge in [-0.15, -0.1) is 0 Å². The minimum Gasteiger partial charge on any atom is -0.340 e. The van der Waals surface area contributed by atoms with Crippen LogP contribution in [0.15, 0.2) is 12.4 Å². The van der Waals surface area contributed by atoms with Gasteiger partial charge in [0.25, 0.3) is 0 Å². The maximum atomic E-state index is 5.56. The minimum atomic E-state index is 0.655. The van der Waals surface area contributed by atoms with Gasteiger partial charge in [0, 0.05) is 31.5 Å². The van der Waals surface area contributed by atoms with Crippen LogP contribution in [0, 0.1) is 5.92 Å². The molecular formula is C15H25N5. The zero-order chi connectivity index (χ0) is 13.9. The second-order valence-electron chi connectivity index (χ2n) is 6.11. The summed E-state index contributed by atoms with van der Waals surface area (Å²) >= 11 is 0. The smallest absolute Gasteiger partial charge is 0.225 e. The van der Waals surface area contributed by atoms with Crippen molar-refractivity contribution in [2.24, 2.45) is 11.7 Å². The summed E-state index contributed by atoms with van der Waals surface area (Å²) in [6, 6.07) is 0.761. The average Bonchev–Trinajstić information content (AvgIpc) is 2.48. The fourth-order valence-corrected chi connectivity index (χ4v) is 3.64. The molecule has 5 nitrogen and oxygen atoms in total. The third-order valence-corrected chi connectivity index (χ3v) is 4.75. The van der Waals surface area contributed by atoms with E-state index in [2.05, 4.69) is 26.8 Å². The molecule has 110 valence electrons. The van der Waals surface area contributed by atoms with Crippen molar-refractivity contribution in [3.05, 3.63) is 18.0 Å². The van der Waals surface area contributed by atoms with Crippen LogP contribution in [0.5, 0.6) is 0 Å². The van der Waals surface area contributed by atoms with Gasteiger partial charge < -0.3 is 15.5 Å². The minimum absolute atomic E-state index is 0.655. The van der Waals surface area contributed by atoms with Crippen LogP contribution in [-0.2, 0) is 6.42 Å². The van der Waals surface area contributed by atoms with Gasteiger partial charge in [-0.05, 0) is 57.3 Å². The molecule has 0 aliphatic carbocycles. The molecule has 0 saturated carbocycles. The summed E-state index contributed by atoms with van der Waals surface area (Å²) in [6.07, 6.45) is 8.60. The highest BCUT2D eigenvalue weighted by Crippen LogP contribution is 2.30. The zero-order valence-corrected chi connectivity index (χ0v) is 12.3. The Labute approximate surface area is 121 Å². The van der Waals surface area contributed by atoms with E-state index in [4.69, 9.17) is 5.73 Å². The molecule has 20 heavy (non-hydrogen) atoms. The summed E-state index contributed by atoms with van der Waals surface area (Å²) < 4.78 is 0. The number of aromatic nitrogens is 2. The molecule has 0 bridgehead atoms. The SMILES string of the molecule is CN1CCCC2CN(c3ncc(CCN)cn3)CCC21. The highest BCUT2D eigenvalue weighted by atomic mass is 15.3. The molecule has 0 amide bonds. The lowest BCUT2D eigenvalue weighted by molar-refractivity contribution is 0.102. The van der Waals surface area contributed by atoms with Gasteiger partial charge in [-0.1, -0.05) is 0 Å². The van der Waals surface area contributed by atoms with Crippen LogP contribution < -0.4 is 10.6 Å². The number of fused-ring (bicyclic) bond motifs is 1. The van der Waals surface area contributed by atoms with E-state index in [9.17, 15) is 0 Å². The second kappa shape index (κ2) is 6.06. The summed E-state index contributed by atoms with van der Waals surface area (Å²) in [6.45, 7) is 4.08. The van der Waals surface area contributed by atoms with Crippen LogP contribution in [0.2, 0.25) is 0 Å². The summed E-state index contributed by atoms with van der Waals surface area (Å²) in [5, 5.41) is 0. The van der Waals surface area contributed by atoms with Gasteiger partial charge in [-0.3, -0.25) is 0 Å². The van der Waals surface area contributed by atoms with Crippen molar-refractivity contribution in [3.8, 4) is 0 Å². The van der Waals surface area contributed by atoms with E-state index in [1.54, 1.807) is 0 Å². The molecule has 3 rings (SSSR count). The number of likely N-dealkylation sites (tertiary alicyclic amines) is 1. The van der Waals surface area contributed by atoms with Gasteiger partial charge in [0.15, 0.2) is 0 Å². The molecule has 2 aliphatic rings. The summed E-state index contributed by atoms with van der Waals surface area (Å²) in [7, 11) is 2.27. The number of rotatable bonds is 3. The average molecular weight is 275 g/mol. The van der Waals surface area contributed by atoms with Crippen LogP contribution in [0.25, 0.3) is 0 Å². The van der Waals surface area contributed by atoms with Crippen molar-refractivity contribution in [3.63, 3.8) is 0 Å². The third-order valence-electron chi connectivity index (χ3n) is 4.75. The van der Waals surface area contributed by atoms with Crippen LogP contribution in [0.1, 0.15) is 24.8 Å². The molecule has 0 aromatic carbocycles. The Morgan fingerprint density at radius 3 is 2.80 bits per heavy atom. The van der Waals surface area contributed by atoms with Crippen molar-refractivity contribution in [1.29, 1.82) is 0 Å². The third kappa shape index (κ3) is 2.79. The number of anilines is 1. The van der Waals surface area contributed by atoms with Crippen molar-refractivity contribution in [2.45, 2.75) is 31.7 Å². The first-order chi connectivity index (χ1) is 9.78. The lowest BCUT2D eigenvalue weighted by atomic mass is 9.84. The van der Waals surface area contributed by atoms with Crippen LogP contribution in [0.3, 0.4) is 0 Å². The van der Waals surface area contributed by atoms with Gasteiger partial charge in [-0.2, -0.15) is 0 Å². The number of hydrogen-bond acceptors (Lipinski definition) is 5. The fraction of sp³-hybridized carbons (Fsp3) is 0.733. The van der Waals surface area contributed by atoms with E-state index >= 15 is 0 Å². The predicted octanol–water partition coefficient (Wildman–Crippen LogP) is 0.898. The molecular weight excluding hydrogens is 250 g/mol. The van der Waals surface area contributed by atoms with Crippen molar-refractivity contribution in [2.75, 3.05) is 38.1 Å². The molecule has 2 N–H and O–H groups in total. The van der Waals surface area contributed by atoms with Crippen molar-refractivity contribution < 1.29 is 0 Å². The molecule has 2 unspecified atom stereocenters. The Balaban J connectivity index is 1.66. The first-order valence-electron chi connectivity index (χ1n) is 7.74. The lowest BCUT2D eigenvalue weighted by Crippen LogP contribution is -2.53. The van der Waals surface area contributed by atoms with Crippen LogP contribution in [0.4, 0.5) is 5.95 Å². The molecule has 0 radical (unpaired) electrons. The first kappa shape index (κ1) is 13.8. The van der Waals surface area contributed by atoms with Gasteiger partial charge >= 0.3 is 0 Å². The van der Waals surface area contributed by atoms with Crippen molar-refractivity contribution in [1.82, 2.24) is 14.9 Å². The topological polar surface area (TPSA) is 58.3 Å². The maximum absolute atomic E-state index is 5.56. The molecule has 2 fully saturated rings. The van der Waals surface area contributed by atoms with E-state index in [1.165, 1.54) is 25.8 Å². The molecule has 0 spiro atoms. The normalized spacial score (nSPS) is 27.4. The van der Waals surface area contributed by atoms with Gasteiger partial charge in [0.05, 0.1) is 0 Å². The van der Waals surface area contributed by atoms with Gasteiger partial charge in [-0.25, -0.2) is 9.97 Å². The Morgan fingerprint density at radius 2 is 2.05 bits per heavy atom. The molecule has 3 heterocycles.